The summed E-state index contributed by atoms with van der Waals surface area (Å²) in [7, 11) is 3.47. The average Bonchev–Trinajstić information content (AvgIpc) is 3.09. The highest BCUT2D eigenvalue weighted by Crippen LogP contribution is 2.15. The van der Waals surface area contributed by atoms with Crippen LogP contribution in [0.1, 0.15) is 42.8 Å². The van der Waals surface area contributed by atoms with E-state index < -0.39 is 0 Å². The summed E-state index contributed by atoms with van der Waals surface area (Å²) >= 11 is 0. The molecule has 150 valence electrons. The van der Waals surface area contributed by atoms with Gasteiger partial charge in [0.05, 0.1) is 12.8 Å². The number of guanidine groups is 1. The van der Waals surface area contributed by atoms with Crippen LogP contribution < -0.4 is 15.4 Å². The van der Waals surface area contributed by atoms with Gasteiger partial charge in [-0.3, -0.25) is 4.99 Å². The van der Waals surface area contributed by atoms with Crippen molar-refractivity contribution in [2.45, 2.75) is 46.1 Å². The number of ether oxygens (including phenoxy) is 1. The van der Waals surface area contributed by atoms with E-state index in [1.807, 2.05) is 12.1 Å². The maximum absolute atomic E-state index is 5.41. The lowest BCUT2D eigenvalue weighted by Crippen LogP contribution is -2.37. The average molecular weight is 486 g/mol. The number of hydrogen-bond donors (Lipinski definition) is 2. The molecule has 2 rings (SSSR count). The van der Waals surface area contributed by atoms with Crippen LogP contribution in [0.25, 0.3) is 0 Å². The quantitative estimate of drug-likeness (QED) is 0.245. The van der Waals surface area contributed by atoms with Crippen molar-refractivity contribution in [1.82, 2.24) is 15.8 Å². The molecule has 0 aliphatic heterocycles. The van der Waals surface area contributed by atoms with Crippen molar-refractivity contribution >= 4 is 29.9 Å². The zero-order chi connectivity index (χ0) is 18.8. The maximum Gasteiger partial charge on any atom is 0.191 e. The summed E-state index contributed by atoms with van der Waals surface area (Å²) in [6, 6.07) is 8.21. The normalized spacial score (nSPS) is 11.0. The Bertz CT molecular complexity index is 677. The van der Waals surface area contributed by atoms with Crippen molar-refractivity contribution in [2.75, 3.05) is 20.7 Å². The molecule has 0 aliphatic rings. The van der Waals surface area contributed by atoms with Gasteiger partial charge in [-0.25, -0.2) is 0 Å². The first-order chi connectivity index (χ1) is 12.7. The van der Waals surface area contributed by atoms with E-state index in [2.05, 4.69) is 46.8 Å². The molecule has 1 aromatic heterocycles. The summed E-state index contributed by atoms with van der Waals surface area (Å²) in [5, 5.41) is 10.9. The topological polar surface area (TPSA) is 71.7 Å². The lowest BCUT2D eigenvalue weighted by atomic mass is 10.1. The highest BCUT2D eigenvalue weighted by atomic mass is 127. The monoisotopic (exact) mass is 486 g/mol. The van der Waals surface area contributed by atoms with Gasteiger partial charge in [0.1, 0.15) is 11.5 Å². The van der Waals surface area contributed by atoms with E-state index in [9.17, 15) is 0 Å². The molecule has 1 aromatic carbocycles. The molecule has 0 bridgehead atoms. The van der Waals surface area contributed by atoms with Crippen molar-refractivity contribution in [3.63, 3.8) is 0 Å². The smallest absolute Gasteiger partial charge is 0.191 e. The zero-order valence-corrected chi connectivity index (χ0v) is 19.0. The van der Waals surface area contributed by atoms with E-state index in [-0.39, 0.29) is 24.0 Å². The third kappa shape index (κ3) is 7.04. The first kappa shape index (κ1) is 23.3. The molecule has 0 unspecified atom stereocenters. The summed E-state index contributed by atoms with van der Waals surface area (Å²) in [5.41, 5.74) is 3.47. The summed E-state index contributed by atoms with van der Waals surface area (Å²) < 4.78 is 10.6. The second-order valence-corrected chi connectivity index (χ2v) is 6.04. The number of halogens is 1. The van der Waals surface area contributed by atoms with Gasteiger partial charge >= 0.3 is 0 Å². The molecular formula is C20H31IN4O2. The number of aliphatic imine (C=N–C) groups is 1. The lowest BCUT2D eigenvalue weighted by molar-refractivity contribution is 0.380. The van der Waals surface area contributed by atoms with Gasteiger partial charge in [-0.1, -0.05) is 31.1 Å². The van der Waals surface area contributed by atoms with Crippen molar-refractivity contribution in [3.05, 3.63) is 46.8 Å². The molecule has 27 heavy (non-hydrogen) atoms. The van der Waals surface area contributed by atoms with Crippen molar-refractivity contribution in [3.8, 4) is 5.75 Å². The molecule has 7 heteroatoms. The second-order valence-electron chi connectivity index (χ2n) is 6.04. The third-order valence-electron chi connectivity index (χ3n) is 4.36. The van der Waals surface area contributed by atoms with Crippen LogP contribution in [0.3, 0.4) is 0 Å². The highest BCUT2D eigenvalue weighted by molar-refractivity contribution is 14.0. The van der Waals surface area contributed by atoms with Crippen molar-refractivity contribution in [2.24, 2.45) is 4.99 Å². The van der Waals surface area contributed by atoms with Gasteiger partial charge in [0.2, 0.25) is 0 Å². The van der Waals surface area contributed by atoms with Gasteiger partial charge in [-0.2, -0.15) is 0 Å². The van der Waals surface area contributed by atoms with Crippen LogP contribution >= 0.6 is 24.0 Å². The van der Waals surface area contributed by atoms with E-state index >= 15 is 0 Å². The van der Waals surface area contributed by atoms with Gasteiger partial charge in [0, 0.05) is 32.1 Å². The van der Waals surface area contributed by atoms with Crippen LogP contribution in [-0.4, -0.2) is 31.8 Å². The number of aromatic nitrogens is 1. The molecule has 0 atom stereocenters. The zero-order valence-electron chi connectivity index (χ0n) is 16.7. The Kier molecular flexibility index (Phi) is 10.8. The van der Waals surface area contributed by atoms with Gasteiger partial charge in [-0.05, 0) is 37.0 Å². The van der Waals surface area contributed by atoms with Crippen LogP contribution in [0.4, 0.5) is 0 Å². The summed E-state index contributed by atoms with van der Waals surface area (Å²) in [6.07, 6.45) is 3.76. The summed E-state index contributed by atoms with van der Waals surface area (Å²) in [6.45, 7) is 5.70. The van der Waals surface area contributed by atoms with Crippen molar-refractivity contribution in [1.29, 1.82) is 0 Å². The van der Waals surface area contributed by atoms with Crippen LogP contribution in [-0.2, 0) is 25.8 Å². The third-order valence-corrected chi connectivity index (χ3v) is 4.36. The SMILES string of the molecule is CCc1noc(CC)c1CNC(=NC)NCCCc1ccc(OC)cc1.I. The molecule has 6 nitrogen and oxygen atoms in total. The molecule has 0 radical (unpaired) electrons. The molecular weight excluding hydrogens is 455 g/mol. The fourth-order valence-electron chi connectivity index (χ4n) is 2.82. The molecule has 2 N–H and O–H groups in total. The Morgan fingerprint density at radius 3 is 2.48 bits per heavy atom. The molecule has 0 saturated heterocycles. The Balaban J connectivity index is 0.00000364. The Morgan fingerprint density at radius 1 is 1.15 bits per heavy atom. The summed E-state index contributed by atoms with van der Waals surface area (Å²) in [4.78, 5) is 4.29. The van der Waals surface area contributed by atoms with E-state index in [1.165, 1.54) is 5.56 Å². The molecule has 0 spiro atoms. The Morgan fingerprint density at radius 2 is 1.89 bits per heavy atom. The van der Waals surface area contributed by atoms with Gasteiger partial charge in [-0.15, -0.1) is 24.0 Å². The predicted octanol–water partition coefficient (Wildman–Crippen LogP) is 3.72. The minimum atomic E-state index is 0. The van der Waals surface area contributed by atoms with E-state index in [0.717, 1.165) is 61.0 Å². The number of aryl methyl sites for hydroxylation is 3. The van der Waals surface area contributed by atoms with Crippen LogP contribution in [0, 0.1) is 0 Å². The molecule has 2 aromatic rings. The number of methoxy groups -OCH3 is 1. The predicted molar refractivity (Wildman–Crippen MR) is 120 cm³/mol. The van der Waals surface area contributed by atoms with Crippen LogP contribution in [0.2, 0.25) is 0 Å². The molecule has 0 aliphatic carbocycles. The lowest BCUT2D eigenvalue weighted by Gasteiger charge is -2.12. The fourth-order valence-corrected chi connectivity index (χ4v) is 2.82. The number of hydrogen-bond acceptors (Lipinski definition) is 4. The number of rotatable bonds is 9. The van der Waals surface area contributed by atoms with Gasteiger partial charge in [0.25, 0.3) is 0 Å². The first-order valence-corrected chi connectivity index (χ1v) is 9.25. The Hall–Kier alpha value is -1.77. The summed E-state index contributed by atoms with van der Waals surface area (Å²) in [5.74, 6) is 2.64. The molecule has 0 saturated carbocycles. The van der Waals surface area contributed by atoms with Crippen LogP contribution in [0.5, 0.6) is 5.75 Å². The molecule has 0 fully saturated rings. The number of nitrogens with zero attached hydrogens (tertiary/aromatic N) is 2. The maximum atomic E-state index is 5.41. The number of benzene rings is 1. The highest BCUT2D eigenvalue weighted by Gasteiger charge is 2.13. The van der Waals surface area contributed by atoms with Crippen LogP contribution in [0.15, 0.2) is 33.8 Å². The fraction of sp³-hybridized carbons (Fsp3) is 0.500. The Labute approximate surface area is 179 Å². The van der Waals surface area contributed by atoms with E-state index in [0.29, 0.717) is 6.54 Å². The minimum absolute atomic E-state index is 0. The second kappa shape index (κ2) is 12.6. The number of nitrogens with one attached hydrogen (secondary N) is 2. The molecule has 0 amide bonds. The van der Waals surface area contributed by atoms with E-state index in [4.69, 9.17) is 9.26 Å². The van der Waals surface area contributed by atoms with E-state index in [1.54, 1.807) is 14.2 Å². The van der Waals surface area contributed by atoms with Gasteiger partial charge in [0.15, 0.2) is 5.96 Å². The largest absolute Gasteiger partial charge is 0.497 e. The minimum Gasteiger partial charge on any atom is -0.497 e. The van der Waals surface area contributed by atoms with Crippen molar-refractivity contribution < 1.29 is 9.26 Å². The standard InChI is InChI=1S/C20H30N4O2.HI/c1-5-18-17(19(6-2)26-24-18)14-23-20(21-3)22-13-7-8-15-9-11-16(25-4)12-10-15;/h9-12H,5-8,13-14H2,1-4H3,(H2,21,22,23);1H. The first-order valence-electron chi connectivity index (χ1n) is 9.25. The van der Waals surface area contributed by atoms with Gasteiger partial charge < -0.3 is 19.9 Å². The molecule has 1 heterocycles.